The lowest BCUT2D eigenvalue weighted by Gasteiger charge is -2.29. The monoisotopic (exact) mass is 333 g/mol. The molecule has 1 N–H and O–H groups in total. The van der Waals surface area contributed by atoms with Crippen molar-refractivity contribution in [1.29, 1.82) is 0 Å². The van der Waals surface area contributed by atoms with Crippen LogP contribution < -0.4 is 9.47 Å². The summed E-state index contributed by atoms with van der Waals surface area (Å²) < 4.78 is 10.7. The van der Waals surface area contributed by atoms with Crippen LogP contribution in [-0.2, 0) is 9.59 Å². The molecule has 130 valence electrons. The van der Waals surface area contributed by atoms with Crippen LogP contribution in [0.2, 0.25) is 0 Å². The summed E-state index contributed by atoms with van der Waals surface area (Å²) in [6.45, 7) is 3.31. The highest BCUT2D eigenvalue weighted by Gasteiger charge is 2.27. The fraction of sp³-hybridized carbons (Fsp3) is 0.444. The molecule has 0 aliphatic carbocycles. The van der Waals surface area contributed by atoms with E-state index in [1.165, 1.54) is 6.08 Å². The SMILES string of the molecule is CCOc1ccc(/C=C/C(=O)N2CCCC(C(=O)O)C2)cc1OC. The van der Waals surface area contributed by atoms with Gasteiger partial charge in [-0.2, -0.15) is 0 Å². The van der Waals surface area contributed by atoms with Crippen molar-refractivity contribution in [3.8, 4) is 11.5 Å². The second-order valence-corrected chi connectivity index (χ2v) is 5.64. The van der Waals surface area contributed by atoms with E-state index in [-0.39, 0.29) is 12.5 Å². The van der Waals surface area contributed by atoms with E-state index >= 15 is 0 Å². The van der Waals surface area contributed by atoms with Gasteiger partial charge in [-0.05, 0) is 43.5 Å². The predicted octanol–water partition coefficient (Wildman–Crippen LogP) is 2.43. The average molecular weight is 333 g/mol. The molecule has 6 heteroatoms. The number of hydrogen-bond acceptors (Lipinski definition) is 4. The molecular formula is C18H23NO5. The minimum Gasteiger partial charge on any atom is -0.493 e. The maximum Gasteiger partial charge on any atom is 0.308 e. The van der Waals surface area contributed by atoms with E-state index in [0.717, 1.165) is 5.56 Å². The molecule has 1 atom stereocenters. The van der Waals surface area contributed by atoms with Gasteiger partial charge in [-0.25, -0.2) is 0 Å². The van der Waals surface area contributed by atoms with Crippen molar-refractivity contribution in [3.63, 3.8) is 0 Å². The number of aliphatic carboxylic acids is 1. The molecule has 2 rings (SSSR count). The number of likely N-dealkylation sites (tertiary alicyclic amines) is 1. The summed E-state index contributed by atoms with van der Waals surface area (Å²) in [5.74, 6) is -0.220. The van der Waals surface area contributed by atoms with Crippen LogP contribution in [0, 0.1) is 5.92 Å². The number of hydrogen-bond donors (Lipinski definition) is 1. The molecule has 1 amide bonds. The van der Waals surface area contributed by atoms with Crippen molar-refractivity contribution in [2.75, 3.05) is 26.8 Å². The highest BCUT2D eigenvalue weighted by atomic mass is 16.5. The predicted molar refractivity (Wildman–Crippen MR) is 90.1 cm³/mol. The molecule has 1 fully saturated rings. The molecule has 0 radical (unpaired) electrons. The smallest absolute Gasteiger partial charge is 0.308 e. The number of methoxy groups -OCH3 is 1. The number of piperidine rings is 1. The first kappa shape index (κ1) is 17.8. The number of carboxylic acid groups (broad SMARTS) is 1. The number of ether oxygens (including phenoxy) is 2. The van der Waals surface area contributed by atoms with Gasteiger partial charge in [0.05, 0.1) is 19.6 Å². The zero-order chi connectivity index (χ0) is 17.5. The van der Waals surface area contributed by atoms with Gasteiger partial charge in [-0.15, -0.1) is 0 Å². The first-order chi connectivity index (χ1) is 11.5. The van der Waals surface area contributed by atoms with Crippen LogP contribution in [0.1, 0.15) is 25.3 Å². The fourth-order valence-corrected chi connectivity index (χ4v) is 2.71. The number of carboxylic acids is 1. The highest BCUT2D eigenvalue weighted by molar-refractivity contribution is 5.92. The molecule has 1 aromatic carbocycles. The molecule has 1 aromatic rings. The van der Waals surface area contributed by atoms with Gasteiger partial charge in [0.25, 0.3) is 0 Å². The van der Waals surface area contributed by atoms with Gasteiger partial charge in [0, 0.05) is 19.2 Å². The van der Waals surface area contributed by atoms with Gasteiger partial charge in [0.1, 0.15) is 0 Å². The number of nitrogens with zero attached hydrogens (tertiary/aromatic N) is 1. The van der Waals surface area contributed by atoms with Gasteiger partial charge >= 0.3 is 5.97 Å². The topological polar surface area (TPSA) is 76.1 Å². The third kappa shape index (κ3) is 4.50. The van der Waals surface area contributed by atoms with Crippen LogP contribution >= 0.6 is 0 Å². The third-order valence-electron chi connectivity index (χ3n) is 3.99. The minimum atomic E-state index is -0.840. The number of amides is 1. The largest absolute Gasteiger partial charge is 0.493 e. The summed E-state index contributed by atoms with van der Waals surface area (Å²) in [4.78, 5) is 24.9. The summed E-state index contributed by atoms with van der Waals surface area (Å²) in [6.07, 6.45) is 4.51. The van der Waals surface area contributed by atoms with E-state index in [1.807, 2.05) is 13.0 Å². The number of rotatable bonds is 6. The first-order valence-electron chi connectivity index (χ1n) is 8.05. The Morgan fingerprint density at radius 3 is 2.83 bits per heavy atom. The van der Waals surface area contributed by atoms with Crippen LogP contribution in [0.5, 0.6) is 11.5 Å². The summed E-state index contributed by atoms with van der Waals surface area (Å²) >= 11 is 0. The quantitative estimate of drug-likeness (QED) is 0.809. The van der Waals surface area contributed by atoms with Gasteiger partial charge in [-0.1, -0.05) is 6.07 Å². The molecule has 1 aliphatic rings. The van der Waals surface area contributed by atoms with Crippen molar-refractivity contribution in [1.82, 2.24) is 4.90 Å². The maximum atomic E-state index is 12.3. The van der Waals surface area contributed by atoms with E-state index < -0.39 is 11.9 Å². The van der Waals surface area contributed by atoms with Crippen molar-refractivity contribution in [2.24, 2.45) is 5.92 Å². The minimum absolute atomic E-state index is 0.172. The van der Waals surface area contributed by atoms with E-state index in [0.29, 0.717) is 37.5 Å². The Morgan fingerprint density at radius 1 is 1.38 bits per heavy atom. The van der Waals surface area contributed by atoms with E-state index in [2.05, 4.69) is 0 Å². The van der Waals surface area contributed by atoms with Crippen molar-refractivity contribution in [2.45, 2.75) is 19.8 Å². The van der Waals surface area contributed by atoms with Gasteiger partial charge in [0.15, 0.2) is 11.5 Å². The Morgan fingerprint density at radius 2 is 2.17 bits per heavy atom. The molecule has 1 unspecified atom stereocenters. The number of benzene rings is 1. The van der Waals surface area contributed by atoms with Crippen LogP contribution in [0.15, 0.2) is 24.3 Å². The second-order valence-electron chi connectivity index (χ2n) is 5.64. The zero-order valence-corrected chi connectivity index (χ0v) is 14.0. The molecule has 0 bridgehead atoms. The summed E-state index contributed by atoms with van der Waals surface area (Å²) in [6, 6.07) is 5.44. The van der Waals surface area contributed by atoms with Gasteiger partial charge in [0.2, 0.25) is 5.91 Å². The molecular weight excluding hydrogens is 310 g/mol. The molecule has 0 saturated carbocycles. The first-order valence-corrected chi connectivity index (χ1v) is 8.05. The lowest BCUT2D eigenvalue weighted by atomic mass is 9.98. The number of carbonyl (C=O) groups is 2. The molecule has 1 saturated heterocycles. The zero-order valence-electron chi connectivity index (χ0n) is 14.0. The molecule has 24 heavy (non-hydrogen) atoms. The molecule has 6 nitrogen and oxygen atoms in total. The Kier molecular flexibility index (Phi) is 6.23. The van der Waals surface area contributed by atoms with E-state index in [4.69, 9.17) is 14.6 Å². The average Bonchev–Trinajstić information content (AvgIpc) is 2.60. The van der Waals surface area contributed by atoms with Crippen LogP contribution in [-0.4, -0.2) is 48.7 Å². The third-order valence-corrected chi connectivity index (χ3v) is 3.99. The Hall–Kier alpha value is -2.50. The van der Waals surface area contributed by atoms with Crippen molar-refractivity contribution >= 4 is 18.0 Å². The normalized spacial score (nSPS) is 17.8. The van der Waals surface area contributed by atoms with Crippen LogP contribution in [0.3, 0.4) is 0 Å². The standard InChI is InChI=1S/C18H23NO5/c1-3-24-15-8-6-13(11-16(15)23-2)7-9-17(20)19-10-4-5-14(12-19)18(21)22/h6-9,11,14H,3-5,10,12H2,1-2H3,(H,21,22)/b9-7+. The molecule has 1 heterocycles. The Bertz CT molecular complexity index is 626. The lowest BCUT2D eigenvalue weighted by molar-refractivity contribution is -0.144. The molecule has 1 aliphatic heterocycles. The van der Waals surface area contributed by atoms with Crippen LogP contribution in [0.4, 0.5) is 0 Å². The Balaban J connectivity index is 2.04. The Labute approximate surface area is 141 Å². The van der Waals surface area contributed by atoms with Crippen molar-refractivity contribution in [3.05, 3.63) is 29.8 Å². The van der Waals surface area contributed by atoms with Crippen molar-refractivity contribution < 1.29 is 24.2 Å². The summed E-state index contributed by atoms with van der Waals surface area (Å²) in [7, 11) is 1.57. The van der Waals surface area contributed by atoms with E-state index in [1.54, 1.807) is 30.2 Å². The lowest BCUT2D eigenvalue weighted by Crippen LogP contribution is -2.41. The fourth-order valence-electron chi connectivity index (χ4n) is 2.71. The number of carbonyl (C=O) groups excluding carboxylic acids is 1. The van der Waals surface area contributed by atoms with Gasteiger partial charge in [-0.3, -0.25) is 9.59 Å². The molecule has 0 aromatic heterocycles. The maximum absolute atomic E-state index is 12.3. The van der Waals surface area contributed by atoms with Gasteiger partial charge < -0.3 is 19.5 Å². The highest BCUT2D eigenvalue weighted by Crippen LogP contribution is 2.28. The molecule has 0 spiro atoms. The summed E-state index contributed by atoms with van der Waals surface area (Å²) in [5, 5.41) is 9.09. The summed E-state index contributed by atoms with van der Waals surface area (Å²) in [5.41, 5.74) is 0.815. The van der Waals surface area contributed by atoms with E-state index in [9.17, 15) is 9.59 Å². The van der Waals surface area contributed by atoms with Crippen LogP contribution in [0.25, 0.3) is 6.08 Å². The second kappa shape index (κ2) is 8.38.